The Labute approximate surface area is 96.1 Å². The van der Waals surface area contributed by atoms with E-state index >= 15 is 0 Å². The first kappa shape index (κ1) is 10.7. The zero-order valence-corrected chi connectivity index (χ0v) is 10.0. The third-order valence-electron chi connectivity index (χ3n) is 3.02. The Bertz CT molecular complexity index is 347. The molecule has 1 N–H and O–H groups in total. The zero-order valence-electron chi connectivity index (χ0n) is 9.26. The fourth-order valence-electron chi connectivity index (χ4n) is 1.93. The van der Waals surface area contributed by atoms with Gasteiger partial charge in [-0.15, -0.1) is 0 Å². The molecular formula is C12H17ClN2. The normalized spacial score (nSPS) is 17.5. The Morgan fingerprint density at radius 1 is 1.53 bits per heavy atom. The third kappa shape index (κ3) is 2.63. The van der Waals surface area contributed by atoms with Crippen LogP contribution in [0.3, 0.4) is 0 Å². The van der Waals surface area contributed by atoms with Crippen molar-refractivity contribution in [3.8, 4) is 0 Å². The van der Waals surface area contributed by atoms with Crippen molar-refractivity contribution in [3.63, 3.8) is 0 Å². The number of nitrogens with one attached hydrogen (secondary N) is 1. The van der Waals surface area contributed by atoms with Crippen molar-refractivity contribution in [2.24, 2.45) is 5.92 Å². The van der Waals surface area contributed by atoms with Gasteiger partial charge in [-0.25, -0.2) is 4.98 Å². The number of nitrogens with zero attached hydrogens (tertiary/aromatic N) is 1. The molecule has 1 aromatic rings. The van der Waals surface area contributed by atoms with Gasteiger partial charge in [-0.05, 0) is 44.2 Å². The van der Waals surface area contributed by atoms with Crippen LogP contribution < -0.4 is 5.32 Å². The van der Waals surface area contributed by atoms with Gasteiger partial charge < -0.3 is 5.32 Å². The van der Waals surface area contributed by atoms with Gasteiger partial charge in [0.15, 0.2) is 0 Å². The van der Waals surface area contributed by atoms with Gasteiger partial charge in [-0.3, -0.25) is 0 Å². The van der Waals surface area contributed by atoms with Crippen LogP contribution in [0.5, 0.6) is 0 Å². The molecule has 1 saturated carbocycles. The van der Waals surface area contributed by atoms with Gasteiger partial charge in [0, 0.05) is 6.04 Å². The molecule has 0 aromatic carbocycles. The summed E-state index contributed by atoms with van der Waals surface area (Å²) in [5, 5.41) is 4.13. The van der Waals surface area contributed by atoms with E-state index in [1.54, 1.807) is 0 Å². The lowest BCUT2D eigenvalue weighted by Gasteiger charge is -2.18. The highest BCUT2D eigenvalue weighted by atomic mass is 35.5. The lowest BCUT2D eigenvalue weighted by molar-refractivity contribution is 0.615. The smallest absolute Gasteiger partial charge is 0.129 e. The lowest BCUT2D eigenvalue weighted by Crippen LogP contribution is -2.21. The van der Waals surface area contributed by atoms with E-state index in [2.05, 4.69) is 17.2 Å². The molecule has 3 heteroatoms. The minimum Gasteiger partial charge on any atom is -0.381 e. The molecule has 82 valence electrons. The maximum Gasteiger partial charge on any atom is 0.129 e. The summed E-state index contributed by atoms with van der Waals surface area (Å²) in [6, 6.07) is 4.47. The number of aryl methyl sites for hydroxylation is 1. The molecule has 1 fully saturated rings. The highest BCUT2D eigenvalue weighted by Crippen LogP contribution is 2.35. The average molecular weight is 225 g/mol. The lowest BCUT2D eigenvalue weighted by atomic mass is 10.1. The molecule has 15 heavy (non-hydrogen) atoms. The average Bonchev–Trinajstić information content (AvgIpc) is 3.00. The largest absolute Gasteiger partial charge is 0.381 e. The number of aromatic nitrogens is 1. The predicted molar refractivity (Wildman–Crippen MR) is 64.4 cm³/mol. The van der Waals surface area contributed by atoms with Gasteiger partial charge in [-0.1, -0.05) is 18.5 Å². The number of halogens is 1. The quantitative estimate of drug-likeness (QED) is 0.790. The summed E-state index contributed by atoms with van der Waals surface area (Å²) >= 11 is 5.82. The molecule has 0 aliphatic heterocycles. The van der Waals surface area contributed by atoms with Gasteiger partial charge >= 0.3 is 0 Å². The summed E-state index contributed by atoms with van der Waals surface area (Å²) in [7, 11) is 0. The summed E-state index contributed by atoms with van der Waals surface area (Å²) < 4.78 is 0. The summed E-state index contributed by atoms with van der Waals surface area (Å²) in [4.78, 5) is 4.24. The Balaban J connectivity index is 2.08. The molecule has 0 saturated heterocycles. The van der Waals surface area contributed by atoms with Crippen molar-refractivity contribution in [1.82, 2.24) is 4.98 Å². The fraction of sp³-hybridized carbons (Fsp3) is 0.583. The van der Waals surface area contributed by atoms with E-state index in [9.17, 15) is 0 Å². The van der Waals surface area contributed by atoms with Crippen LogP contribution in [0.25, 0.3) is 0 Å². The minimum absolute atomic E-state index is 0.567. The maximum absolute atomic E-state index is 5.82. The van der Waals surface area contributed by atoms with Gasteiger partial charge in [0.05, 0.1) is 11.4 Å². The Morgan fingerprint density at radius 3 is 2.80 bits per heavy atom. The zero-order chi connectivity index (χ0) is 10.8. The fourth-order valence-corrected chi connectivity index (χ4v) is 2.12. The molecule has 1 atom stereocenters. The van der Waals surface area contributed by atoms with Gasteiger partial charge in [0.2, 0.25) is 0 Å². The van der Waals surface area contributed by atoms with E-state index in [1.165, 1.54) is 19.3 Å². The third-order valence-corrected chi connectivity index (χ3v) is 3.23. The first-order valence-corrected chi connectivity index (χ1v) is 5.98. The second-order valence-electron chi connectivity index (χ2n) is 4.26. The van der Waals surface area contributed by atoms with Crippen molar-refractivity contribution >= 4 is 17.3 Å². The van der Waals surface area contributed by atoms with Crippen molar-refractivity contribution in [2.75, 3.05) is 5.32 Å². The monoisotopic (exact) mass is 224 g/mol. The van der Waals surface area contributed by atoms with Crippen LogP contribution >= 0.6 is 11.6 Å². The SMILES string of the molecule is CCC(Nc1ccc(Cl)nc1C)C1CC1. The van der Waals surface area contributed by atoms with E-state index in [0.29, 0.717) is 11.2 Å². The van der Waals surface area contributed by atoms with Crippen LogP contribution in [-0.2, 0) is 0 Å². The van der Waals surface area contributed by atoms with Crippen molar-refractivity contribution in [2.45, 2.75) is 39.2 Å². The molecule has 0 radical (unpaired) electrons. The summed E-state index contributed by atoms with van der Waals surface area (Å²) in [6.07, 6.45) is 3.91. The number of hydrogen-bond acceptors (Lipinski definition) is 2. The van der Waals surface area contributed by atoms with Crippen LogP contribution in [0.15, 0.2) is 12.1 Å². The van der Waals surface area contributed by atoms with Crippen molar-refractivity contribution in [3.05, 3.63) is 23.0 Å². The van der Waals surface area contributed by atoms with Gasteiger partial charge in [0.1, 0.15) is 5.15 Å². The minimum atomic E-state index is 0.567. The van der Waals surface area contributed by atoms with Crippen LogP contribution in [0, 0.1) is 12.8 Å². The number of pyridine rings is 1. The topological polar surface area (TPSA) is 24.9 Å². The molecular weight excluding hydrogens is 208 g/mol. The second kappa shape index (κ2) is 4.40. The Hall–Kier alpha value is -0.760. The standard InChI is InChI=1S/C12H17ClN2/c1-3-10(9-4-5-9)15-11-6-7-12(13)14-8(11)2/h6-7,9-10,15H,3-5H2,1-2H3. The first-order valence-electron chi connectivity index (χ1n) is 5.60. The van der Waals surface area contributed by atoms with Crippen molar-refractivity contribution < 1.29 is 0 Å². The van der Waals surface area contributed by atoms with E-state index in [4.69, 9.17) is 11.6 Å². The Morgan fingerprint density at radius 2 is 2.27 bits per heavy atom. The number of rotatable bonds is 4. The van der Waals surface area contributed by atoms with Gasteiger partial charge in [0.25, 0.3) is 0 Å². The molecule has 2 nitrogen and oxygen atoms in total. The van der Waals surface area contributed by atoms with Crippen molar-refractivity contribution in [1.29, 1.82) is 0 Å². The predicted octanol–water partition coefficient (Wildman–Crippen LogP) is 3.64. The molecule has 2 rings (SSSR count). The second-order valence-corrected chi connectivity index (χ2v) is 4.65. The molecule has 1 heterocycles. The molecule has 0 spiro atoms. The van der Waals surface area contributed by atoms with E-state index < -0.39 is 0 Å². The summed E-state index contributed by atoms with van der Waals surface area (Å²) in [5.74, 6) is 0.866. The van der Waals surface area contributed by atoms with Crippen LogP contribution in [0.4, 0.5) is 5.69 Å². The molecule has 1 aliphatic rings. The summed E-state index contributed by atoms with van der Waals surface area (Å²) in [5.41, 5.74) is 2.11. The number of anilines is 1. The summed E-state index contributed by atoms with van der Waals surface area (Å²) in [6.45, 7) is 4.22. The highest BCUT2D eigenvalue weighted by molar-refractivity contribution is 6.29. The maximum atomic E-state index is 5.82. The molecule has 1 aromatic heterocycles. The van der Waals surface area contributed by atoms with E-state index in [1.807, 2.05) is 19.1 Å². The molecule has 1 aliphatic carbocycles. The van der Waals surface area contributed by atoms with E-state index in [-0.39, 0.29) is 0 Å². The molecule has 1 unspecified atom stereocenters. The Kier molecular flexibility index (Phi) is 3.15. The van der Waals surface area contributed by atoms with Crippen LogP contribution in [-0.4, -0.2) is 11.0 Å². The highest BCUT2D eigenvalue weighted by Gasteiger charge is 2.29. The number of hydrogen-bond donors (Lipinski definition) is 1. The molecule has 0 bridgehead atoms. The van der Waals surface area contributed by atoms with E-state index in [0.717, 1.165) is 17.3 Å². The van der Waals surface area contributed by atoms with Gasteiger partial charge in [-0.2, -0.15) is 0 Å². The van der Waals surface area contributed by atoms with Crippen LogP contribution in [0.2, 0.25) is 5.15 Å². The molecule has 0 amide bonds. The van der Waals surface area contributed by atoms with Crippen LogP contribution in [0.1, 0.15) is 31.9 Å². The first-order chi connectivity index (χ1) is 7.20.